The zero-order valence-corrected chi connectivity index (χ0v) is 10.9. The van der Waals surface area contributed by atoms with E-state index in [0.29, 0.717) is 6.04 Å². The first-order valence-corrected chi connectivity index (χ1v) is 6.79. The third-order valence-corrected chi connectivity index (χ3v) is 3.61. The second-order valence-corrected chi connectivity index (χ2v) is 4.68. The normalized spacial score (nSPS) is 22.4. The van der Waals surface area contributed by atoms with E-state index in [1.54, 1.807) is 0 Å². The van der Waals surface area contributed by atoms with Crippen LogP contribution in [0.4, 0.5) is 0 Å². The first-order chi connectivity index (χ1) is 7.79. The van der Waals surface area contributed by atoms with Crippen molar-refractivity contribution < 1.29 is 4.74 Å². The molecule has 0 spiro atoms. The summed E-state index contributed by atoms with van der Waals surface area (Å²) >= 11 is 0. The van der Waals surface area contributed by atoms with Crippen LogP contribution in [0.25, 0.3) is 0 Å². The Hall–Kier alpha value is -0.340. The molecule has 0 aromatic carbocycles. The van der Waals surface area contributed by atoms with Crippen molar-refractivity contribution in [2.24, 2.45) is 0 Å². The largest absolute Gasteiger partial charge is 0.373 e. The lowest BCUT2D eigenvalue weighted by molar-refractivity contribution is -0.0658. The molecule has 2 heteroatoms. The van der Waals surface area contributed by atoms with Crippen LogP contribution in [-0.2, 0) is 4.74 Å². The zero-order chi connectivity index (χ0) is 11.9. The molecular formula is C14H27NO. The van der Waals surface area contributed by atoms with Gasteiger partial charge in [-0.15, -0.1) is 6.58 Å². The van der Waals surface area contributed by atoms with Gasteiger partial charge in [0.2, 0.25) is 0 Å². The van der Waals surface area contributed by atoms with E-state index >= 15 is 0 Å². The first-order valence-electron chi connectivity index (χ1n) is 6.79. The summed E-state index contributed by atoms with van der Waals surface area (Å²) in [5.41, 5.74) is 0.00299. The molecule has 0 amide bonds. The molecule has 0 aromatic heterocycles. The van der Waals surface area contributed by atoms with Crippen LogP contribution in [0, 0.1) is 0 Å². The average Bonchev–Trinajstić information content (AvgIpc) is 2.53. The Labute approximate surface area is 100 Å². The van der Waals surface area contributed by atoms with Crippen molar-refractivity contribution in [2.75, 3.05) is 13.2 Å². The molecule has 1 saturated carbocycles. The quantitative estimate of drug-likeness (QED) is 0.553. The first kappa shape index (κ1) is 13.7. The van der Waals surface area contributed by atoms with Crippen LogP contribution in [0.15, 0.2) is 12.7 Å². The molecule has 16 heavy (non-hydrogen) atoms. The van der Waals surface area contributed by atoms with E-state index in [2.05, 4.69) is 25.7 Å². The SMILES string of the molecule is C=CC(NCC)C1(OCC)CCCCCC1. The van der Waals surface area contributed by atoms with Crippen molar-refractivity contribution in [1.29, 1.82) is 0 Å². The molecule has 0 saturated heterocycles. The van der Waals surface area contributed by atoms with Gasteiger partial charge in [-0.3, -0.25) is 0 Å². The highest BCUT2D eigenvalue weighted by Crippen LogP contribution is 2.34. The number of rotatable bonds is 6. The van der Waals surface area contributed by atoms with Crippen LogP contribution in [0.1, 0.15) is 52.4 Å². The van der Waals surface area contributed by atoms with Crippen LogP contribution >= 0.6 is 0 Å². The summed E-state index contributed by atoms with van der Waals surface area (Å²) in [5.74, 6) is 0. The number of nitrogens with one attached hydrogen (secondary N) is 1. The molecule has 1 unspecified atom stereocenters. The van der Waals surface area contributed by atoms with Crippen LogP contribution in [0.5, 0.6) is 0 Å². The highest BCUT2D eigenvalue weighted by atomic mass is 16.5. The maximum atomic E-state index is 6.12. The summed E-state index contributed by atoms with van der Waals surface area (Å²) in [6.07, 6.45) is 9.65. The van der Waals surface area contributed by atoms with E-state index in [-0.39, 0.29) is 5.60 Å². The number of likely N-dealkylation sites (N-methyl/N-ethyl adjacent to an activating group) is 1. The van der Waals surface area contributed by atoms with Gasteiger partial charge >= 0.3 is 0 Å². The summed E-state index contributed by atoms with van der Waals surface area (Å²) in [6, 6.07) is 0.301. The molecule has 1 aliphatic carbocycles. The minimum atomic E-state index is 0.00299. The van der Waals surface area contributed by atoms with Gasteiger partial charge in [0, 0.05) is 6.61 Å². The average molecular weight is 225 g/mol. The lowest BCUT2D eigenvalue weighted by Gasteiger charge is -2.39. The number of hydrogen-bond donors (Lipinski definition) is 1. The zero-order valence-electron chi connectivity index (χ0n) is 10.9. The molecule has 1 N–H and O–H groups in total. The monoisotopic (exact) mass is 225 g/mol. The minimum Gasteiger partial charge on any atom is -0.373 e. The van der Waals surface area contributed by atoms with Crippen LogP contribution in [0.2, 0.25) is 0 Å². The Morgan fingerprint density at radius 2 is 1.88 bits per heavy atom. The Balaban J connectivity index is 2.77. The lowest BCUT2D eigenvalue weighted by Crippen LogP contribution is -2.51. The summed E-state index contributed by atoms with van der Waals surface area (Å²) in [7, 11) is 0. The van der Waals surface area contributed by atoms with Gasteiger partial charge in [0.15, 0.2) is 0 Å². The Bertz CT molecular complexity index is 195. The Morgan fingerprint density at radius 1 is 1.25 bits per heavy atom. The Kier molecular flexibility index (Phi) is 6.07. The maximum absolute atomic E-state index is 6.12. The molecule has 0 bridgehead atoms. The summed E-state index contributed by atoms with van der Waals surface area (Å²) in [6.45, 7) is 9.99. The maximum Gasteiger partial charge on any atom is 0.0870 e. The van der Waals surface area contributed by atoms with Gasteiger partial charge in [-0.25, -0.2) is 0 Å². The standard InChI is InChI=1S/C14H27NO/c1-4-13(15-5-2)14(16-6-3)11-9-7-8-10-12-14/h4,13,15H,1,5-12H2,2-3H3. The topological polar surface area (TPSA) is 21.3 Å². The highest BCUT2D eigenvalue weighted by Gasteiger charge is 2.37. The van der Waals surface area contributed by atoms with E-state index in [1.807, 2.05) is 6.08 Å². The minimum absolute atomic E-state index is 0.00299. The summed E-state index contributed by atoms with van der Waals surface area (Å²) < 4.78 is 6.12. The van der Waals surface area contributed by atoms with Gasteiger partial charge in [0.05, 0.1) is 11.6 Å². The molecule has 0 aliphatic heterocycles. The van der Waals surface area contributed by atoms with Crippen LogP contribution < -0.4 is 5.32 Å². The molecule has 1 fully saturated rings. The second kappa shape index (κ2) is 7.08. The van der Waals surface area contributed by atoms with Gasteiger partial charge in [-0.1, -0.05) is 38.7 Å². The molecule has 0 heterocycles. The van der Waals surface area contributed by atoms with Crippen molar-refractivity contribution in [1.82, 2.24) is 5.32 Å². The van der Waals surface area contributed by atoms with E-state index in [1.165, 1.54) is 38.5 Å². The molecule has 1 atom stereocenters. The van der Waals surface area contributed by atoms with Crippen molar-refractivity contribution in [2.45, 2.75) is 64.0 Å². The molecule has 94 valence electrons. The molecule has 1 rings (SSSR count). The van der Waals surface area contributed by atoms with Crippen molar-refractivity contribution in [3.05, 3.63) is 12.7 Å². The van der Waals surface area contributed by atoms with E-state index in [0.717, 1.165) is 13.2 Å². The predicted molar refractivity (Wildman–Crippen MR) is 69.7 cm³/mol. The fourth-order valence-corrected chi connectivity index (χ4v) is 2.86. The van der Waals surface area contributed by atoms with Crippen molar-refractivity contribution in [3.63, 3.8) is 0 Å². The van der Waals surface area contributed by atoms with Gasteiger partial charge in [0.25, 0.3) is 0 Å². The van der Waals surface area contributed by atoms with Crippen LogP contribution in [0.3, 0.4) is 0 Å². The van der Waals surface area contributed by atoms with E-state index in [9.17, 15) is 0 Å². The third-order valence-electron chi connectivity index (χ3n) is 3.61. The predicted octanol–water partition coefficient (Wildman–Crippen LogP) is 3.28. The second-order valence-electron chi connectivity index (χ2n) is 4.68. The number of hydrogen-bond acceptors (Lipinski definition) is 2. The van der Waals surface area contributed by atoms with Gasteiger partial charge in [0.1, 0.15) is 0 Å². The fraction of sp³-hybridized carbons (Fsp3) is 0.857. The molecular weight excluding hydrogens is 198 g/mol. The highest BCUT2D eigenvalue weighted by molar-refractivity contribution is 5.03. The van der Waals surface area contributed by atoms with Crippen molar-refractivity contribution >= 4 is 0 Å². The third kappa shape index (κ3) is 3.33. The molecule has 2 nitrogen and oxygen atoms in total. The van der Waals surface area contributed by atoms with Gasteiger partial charge < -0.3 is 10.1 Å². The van der Waals surface area contributed by atoms with Crippen molar-refractivity contribution in [3.8, 4) is 0 Å². The number of ether oxygens (including phenoxy) is 1. The Morgan fingerprint density at radius 3 is 2.31 bits per heavy atom. The van der Waals surface area contributed by atoms with Gasteiger partial charge in [-0.2, -0.15) is 0 Å². The van der Waals surface area contributed by atoms with Gasteiger partial charge in [-0.05, 0) is 26.3 Å². The molecule has 0 aromatic rings. The summed E-state index contributed by atoms with van der Waals surface area (Å²) in [5, 5.41) is 3.51. The fourth-order valence-electron chi connectivity index (χ4n) is 2.86. The smallest absolute Gasteiger partial charge is 0.0870 e. The van der Waals surface area contributed by atoms with E-state index < -0.39 is 0 Å². The van der Waals surface area contributed by atoms with E-state index in [4.69, 9.17) is 4.74 Å². The lowest BCUT2D eigenvalue weighted by atomic mass is 9.86. The summed E-state index contributed by atoms with van der Waals surface area (Å²) in [4.78, 5) is 0. The van der Waals surface area contributed by atoms with Crippen LogP contribution in [-0.4, -0.2) is 24.8 Å². The molecule has 1 aliphatic rings. The molecule has 0 radical (unpaired) electrons.